The predicted octanol–water partition coefficient (Wildman–Crippen LogP) is 2.23. The highest BCUT2D eigenvalue weighted by atomic mass is 16.5. The zero-order valence-electron chi connectivity index (χ0n) is 12.0. The molecule has 1 rings (SSSR count). The van der Waals surface area contributed by atoms with Crippen LogP contribution in [0.5, 0.6) is 5.75 Å². The molecule has 0 heterocycles. The smallest absolute Gasteiger partial charge is 0.119 e. The van der Waals surface area contributed by atoms with Crippen LogP contribution in [0, 0.1) is 0 Å². The van der Waals surface area contributed by atoms with Crippen LogP contribution in [0.15, 0.2) is 24.3 Å². The maximum atomic E-state index is 5.69. The van der Waals surface area contributed by atoms with Gasteiger partial charge in [-0.1, -0.05) is 19.1 Å². The van der Waals surface area contributed by atoms with Crippen LogP contribution in [0.2, 0.25) is 0 Å². The normalized spacial score (nSPS) is 10.6. The average molecular weight is 267 g/mol. The molecule has 0 radical (unpaired) electrons. The summed E-state index contributed by atoms with van der Waals surface area (Å²) >= 11 is 0. The molecule has 0 amide bonds. The summed E-state index contributed by atoms with van der Waals surface area (Å²) in [5.41, 5.74) is 1.25. The summed E-state index contributed by atoms with van der Waals surface area (Å²) in [4.78, 5) is 0. The van der Waals surface area contributed by atoms with Crippen molar-refractivity contribution >= 4 is 0 Å². The van der Waals surface area contributed by atoms with Crippen LogP contribution in [-0.2, 0) is 16.0 Å². The molecule has 1 aromatic rings. The van der Waals surface area contributed by atoms with E-state index < -0.39 is 0 Å². The number of rotatable bonds is 11. The van der Waals surface area contributed by atoms with E-state index in [-0.39, 0.29) is 0 Å². The molecular formula is C15H25NO3. The summed E-state index contributed by atoms with van der Waals surface area (Å²) in [6, 6.07) is 8.19. The van der Waals surface area contributed by atoms with E-state index >= 15 is 0 Å². The number of nitrogens with one attached hydrogen (secondary N) is 1. The van der Waals surface area contributed by atoms with Gasteiger partial charge in [-0.2, -0.15) is 0 Å². The summed E-state index contributed by atoms with van der Waals surface area (Å²) in [6.45, 7) is 6.64. The Bertz CT molecular complexity index is 331. The molecule has 0 aromatic heterocycles. The molecule has 0 atom stereocenters. The van der Waals surface area contributed by atoms with Gasteiger partial charge in [-0.15, -0.1) is 0 Å². The molecule has 0 aliphatic rings. The number of hydrogen-bond donors (Lipinski definition) is 1. The van der Waals surface area contributed by atoms with E-state index in [4.69, 9.17) is 14.2 Å². The molecule has 4 heteroatoms. The first-order chi connectivity index (χ1) is 9.36. The Kier molecular flexibility index (Phi) is 9.06. The van der Waals surface area contributed by atoms with Crippen molar-refractivity contribution < 1.29 is 14.2 Å². The first kappa shape index (κ1) is 16.0. The van der Waals surface area contributed by atoms with Crippen molar-refractivity contribution in [1.29, 1.82) is 0 Å². The van der Waals surface area contributed by atoms with Gasteiger partial charge in [0.1, 0.15) is 5.75 Å². The maximum absolute atomic E-state index is 5.69. The topological polar surface area (TPSA) is 39.7 Å². The standard InChI is InChI=1S/C15H25NO3/c1-3-16-13-14-6-4-7-15(12-14)19-9-5-8-18-11-10-17-2/h4,6-7,12,16H,3,5,8-11,13H2,1-2H3. The van der Waals surface area contributed by atoms with Crippen LogP contribution in [0.3, 0.4) is 0 Å². The zero-order chi connectivity index (χ0) is 13.8. The minimum absolute atomic E-state index is 0.646. The van der Waals surface area contributed by atoms with Gasteiger partial charge in [0.15, 0.2) is 0 Å². The van der Waals surface area contributed by atoms with Crippen LogP contribution in [0.1, 0.15) is 18.9 Å². The van der Waals surface area contributed by atoms with E-state index in [2.05, 4.69) is 24.4 Å². The number of benzene rings is 1. The Morgan fingerprint density at radius 2 is 2.00 bits per heavy atom. The van der Waals surface area contributed by atoms with E-state index in [9.17, 15) is 0 Å². The van der Waals surface area contributed by atoms with Gasteiger partial charge in [0.25, 0.3) is 0 Å². The minimum Gasteiger partial charge on any atom is -0.493 e. The lowest BCUT2D eigenvalue weighted by Crippen LogP contribution is -2.11. The molecule has 0 spiro atoms. The Hall–Kier alpha value is -1.10. The lowest BCUT2D eigenvalue weighted by atomic mass is 10.2. The van der Waals surface area contributed by atoms with Crippen LogP contribution in [-0.4, -0.2) is 40.1 Å². The molecule has 0 unspecified atom stereocenters. The third kappa shape index (κ3) is 7.82. The van der Waals surface area contributed by atoms with Gasteiger partial charge >= 0.3 is 0 Å². The van der Waals surface area contributed by atoms with Crippen LogP contribution < -0.4 is 10.1 Å². The van der Waals surface area contributed by atoms with E-state index in [1.165, 1.54) is 5.56 Å². The monoisotopic (exact) mass is 267 g/mol. The van der Waals surface area contributed by atoms with Crippen molar-refractivity contribution in [2.75, 3.05) is 40.1 Å². The van der Waals surface area contributed by atoms with Gasteiger partial charge in [0, 0.05) is 26.7 Å². The van der Waals surface area contributed by atoms with Crippen molar-refractivity contribution in [3.63, 3.8) is 0 Å². The third-order valence-corrected chi connectivity index (χ3v) is 2.61. The molecular weight excluding hydrogens is 242 g/mol. The van der Waals surface area contributed by atoms with Crippen molar-refractivity contribution in [2.45, 2.75) is 19.9 Å². The Morgan fingerprint density at radius 3 is 2.79 bits per heavy atom. The van der Waals surface area contributed by atoms with Gasteiger partial charge in [-0.05, 0) is 24.2 Å². The fourth-order valence-electron chi connectivity index (χ4n) is 1.61. The second kappa shape index (κ2) is 10.8. The van der Waals surface area contributed by atoms with Crippen molar-refractivity contribution in [1.82, 2.24) is 5.32 Å². The van der Waals surface area contributed by atoms with Gasteiger partial charge in [0.2, 0.25) is 0 Å². The summed E-state index contributed by atoms with van der Waals surface area (Å²) < 4.78 is 16.0. The van der Waals surface area contributed by atoms with Crippen LogP contribution in [0.25, 0.3) is 0 Å². The summed E-state index contributed by atoms with van der Waals surface area (Å²) in [6.07, 6.45) is 0.890. The molecule has 0 bridgehead atoms. The summed E-state index contributed by atoms with van der Waals surface area (Å²) in [5, 5.41) is 3.30. The van der Waals surface area contributed by atoms with E-state index in [0.717, 1.165) is 25.3 Å². The molecule has 19 heavy (non-hydrogen) atoms. The Labute approximate surface area is 116 Å². The first-order valence-corrected chi connectivity index (χ1v) is 6.86. The maximum Gasteiger partial charge on any atom is 0.119 e. The summed E-state index contributed by atoms with van der Waals surface area (Å²) in [5.74, 6) is 0.923. The fourth-order valence-corrected chi connectivity index (χ4v) is 1.61. The van der Waals surface area contributed by atoms with E-state index in [0.29, 0.717) is 26.4 Å². The van der Waals surface area contributed by atoms with Gasteiger partial charge in [-0.25, -0.2) is 0 Å². The molecule has 108 valence electrons. The lowest BCUT2D eigenvalue weighted by molar-refractivity contribution is 0.0644. The highest BCUT2D eigenvalue weighted by Gasteiger charge is 1.97. The lowest BCUT2D eigenvalue weighted by Gasteiger charge is -2.08. The Morgan fingerprint density at radius 1 is 1.11 bits per heavy atom. The largest absolute Gasteiger partial charge is 0.493 e. The fraction of sp³-hybridized carbons (Fsp3) is 0.600. The van der Waals surface area contributed by atoms with E-state index in [1.807, 2.05) is 12.1 Å². The van der Waals surface area contributed by atoms with Crippen LogP contribution >= 0.6 is 0 Å². The van der Waals surface area contributed by atoms with Crippen molar-refractivity contribution in [3.8, 4) is 5.75 Å². The molecule has 0 saturated heterocycles. The van der Waals surface area contributed by atoms with Crippen molar-refractivity contribution in [3.05, 3.63) is 29.8 Å². The molecule has 0 fully saturated rings. The van der Waals surface area contributed by atoms with Gasteiger partial charge in [-0.3, -0.25) is 0 Å². The summed E-state index contributed by atoms with van der Waals surface area (Å²) in [7, 11) is 1.67. The first-order valence-electron chi connectivity index (χ1n) is 6.86. The second-order valence-electron chi connectivity index (χ2n) is 4.23. The molecule has 0 saturated carbocycles. The SMILES string of the molecule is CCNCc1cccc(OCCCOCCOC)c1. The molecule has 1 aromatic carbocycles. The van der Waals surface area contributed by atoms with E-state index in [1.54, 1.807) is 7.11 Å². The molecule has 4 nitrogen and oxygen atoms in total. The third-order valence-electron chi connectivity index (χ3n) is 2.61. The highest BCUT2D eigenvalue weighted by Crippen LogP contribution is 2.13. The second-order valence-corrected chi connectivity index (χ2v) is 4.23. The number of methoxy groups -OCH3 is 1. The van der Waals surface area contributed by atoms with Crippen LogP contribution in [0.4, 0.5) is 0 Å². The van der Waals surface area contributed by atoms with Gasteiger partial charge in [0.05, 0.1) is 19.8 Å². The zero-order valence-corrected chi connectivity index (χ0v) is 12.0. The minimum atomic E-state index is 0.646. The van der Waals surface area contributed by atoms with Gasteiger partial charge < -0.3 is 19.5 Å². The number of ether oxygens (including phenoxy) is 3. The number of hydrogen-bond acceptors (Lipinski definition) is 4. The van der Waals surface area contributed by atoms with Crippen molar-refractivity contribution in [2.24, 2.45) is 0 Å². The Balaban J connectivity index is 2.14. The molecule has 0 aliphatic carbocycles. The molecule has 1 N–H and O–H groups in total. The highest BCUT2D eigenvalue weighted by molar-refractivity contribution is 5.28. The average Bonchev–Trinajstić information content (AvgIpc) is 2.44. The quantitative estimate of drug-likeness (QED) is 0.624. The predicted molar refractivity (Wildman–Crippen MR) is 76.6 cm³/mol. The molecule has 0 aliphatic heterocycles.